The minimum Gasteiger partial charge on any atom is -0.327 e. The number of hydrogen-bond donors (Lipinski definition) is 0. The van der Waals surface area contributed by atoms with E-state index in [4.69, 9.17) is 14.2 Å². The topological polar surface area (TPSA) is 57.1 Å². The lowest BCUT2D eigenvalue weighted by Gasteiger charge is -2.40. The van der Waals surface area contributed by atoms with Gasteiger partial charge in [0.25, 0.3) is 5.97 Å². The van der Waals surface area contributed by atoms with E-state index in [0.717, 1.165) is 44.9 Å². The SMILES string of the molecule is CCCCCCCCC(CCCN=C=O)C(OCCC)(OCCC)OCCC. The van der Waals surface area contributed by atoms with Crippen LogP contribution in [0.25, 0.3) is 0 Å². The van der Waals surface area contributed by atoms with Crippen molar-refractivity contribution in [2.75, 3.05) is 26.4 Å². The van der Waals surface area contributed by atoms with E-state index < -0.39 is 5.97 Å². The molecule has 5 heteroatoms. The Morgan fingerprint density at radius 1 is 0.714 bits per heavy atom. The summed E-state index contributed by atoms with van der Waals surface area (Å²) in [7, 11) is 0. The third-order valence-electron chi connectivity index (χ3n) is 4.82. The Morgan fingerprint density at radius 2 is 1.21 bits per heavy atom. The summed E-state index contributed by atoms with van der Waals surface area (Å²) < 4.78 is 18.7. The molecule has 0 amide bonds. The van der Waals surface area contributed by atoms with Crippen LogP contribution >= 0.6 is 0 Å². The highest BCUT2D eigenvalue weighted by Crippen LogP contribution is 2.34. The molecule has 0 bridgehead atoms. The van der Waals surface area contributed by atoms with Crippen LogP contribution in [0.1, 0.15) is 105 Å². The van der Waals surface area contributed by atoms with Crippen molar-refractivity contribution in [1.29, 1.82) is 0 Å². The summed E-state index contributed by atoms with van der Waals surface area (Å²) >= 11 is 0. The normalized spacial score (nSPS) is 12.7. The Hall–Kier alpha value is -0.740. The van der Waals surface area contributed by atoms with Crippen molar-refractivity contribution in [3.63, 3.8) is 0 Å². The molecule has 0 rings (SSSR count). The summed E-state index contributed by atoms with van der Waals surface area (Å²) in [5.74, 6) is -0.832. The lowest BCUT2D eigenvalue weighted by molar-refractivity contribution is -0.406. The molecule has 0 aromatic carbocycles. The van der Waals surface area contributed by atoms with Gasteiger partial charge in [-0.25, -0.2) is 9.79 Å². The number of rotatable bonds is 21. The van der Waals surface area contributed by atoms with Gasteiger partial charge in [0.2, 0.25) is 6.08 Å². The first-order valence-electron chi connectivity index (χ1n) is 11.7. The van der Waals surface area contributed by atoms with Crippen LogP contribution in [0.3, 0.4) is 0 Å². The summed E-state index contributed by atoms with van der Waals surface area (Å²) in [4.78, 5) is 14.1. The van der Waals surface area contributed by atoms with Gasteiger partial charge < -0.3 is 14.2 Å². The molecule has 166 valence electrons. The number of unbranched alkanes of at least 4 members (excludes halogenated alkanes) is 5. The van der Waals surface area contributed by atoms with Gasteiger partial charge in [-0.2, -0.15) is 0 Å². The first-order valence-corrected chi connectivity index (χ1v) is 11.7. The number of hydrogen-bond acceptors (Lipinski definition) is 5. The fourth-order valence-corrected chi connectivity index (χ4v) is 3.34. The molecule has 0 radical (unpaired) electrons. The number of carbonyl (C=O) groups excluding carboxylic acids is 1. The van der Waals surface area contributed by atoms with Gasteiger partial charge >= 0.3 is 0 Å². The molecule has 0 saturated carbocycles. The molecule has 0 aliphatic rings. The molecule has 0 aromatic heterocycles. The van der Waals surface area contributed by atoms with Crippen LogP contribution in [-0.2, 0) is 19.0 Å². The van der Waals surface area contributed by atoms with Crippen LogP contribution < -0.4 is 0 Å². The van der Waals surface area contributed by atoms with Gasteiger partial charge in [-0.15, -0.1) is 0 Å². The Bertz CT molecular complexity index is 361. The first kappa shape index (κ1) is 27.3. The van der Waals surface area contributed by atoms with E-state index in [9.17, 15) is 4.79 Å². The van der Waals surface area contributed by atoms with E-state index in [0.29, 0.717) is 26.4 Å². The summed E-state index contributed by atoms with van der Waals surface area (Å²) in [6.07, 6.45) is 14.7. The maximum Gasteiger partial charge on any atom is 0.285 e. The highest BCUT2D eigenvalue weighted by atomic mass is 16.9. The molecular weight excluding hydrogens is 354 g/mol. The van der Waals surface area contributed by atoms with Crippen molar-refractivity contribution >= 4 is 6.08 Å². The Kier molecular flexibility index (Phi) is 19.1. The van der Waals surface area contributed by atoms with Crippen molar-refractivity contribution in [2.45, 2.75) is 111 Å². The van der Waals surface area contributed by atoms with Crippen molar-refractivity contribution < 1.29 is 19.0 Å². The van der Waals surface area contributed by atoms with Gasteiger partial charge in [0, 0.05) is 5.92 Å². The van der Waals surface area contributed by atoms with Crippen molar-refractivity contribution in [3.05, 3.63) is 0 Å². The van der Waals surface area contributed by atoms with Gasteiger partial charge in [-0.1, -0.05) is 66.2 Å². The highest BCUT2D eigenvalue weighted by Gasteiger charge is 2.41. The average molecular weight is 400 g/mol. The lowest BCUT2D eigenvalue weighted by Crippen LogP contribution is -2.47. The number of aliphatic imine (C=N–C) groups is 1. The van der Waals surface area contributed by atoms with E-state index in [-0.39, 0.29) is 5.92 Å². The van der Waals surface area contributed by atoms with E-state index in [1.807, 2.05) is 0 Å². The molecule has 1 unspecified atom stereocenters. The van der Waals surface area contributed by atoms with E-state index >= 15 is 0 Å². The highest BCUT2D eigenvalue weighted by molar-refractivity contribution is 5.32. The molecule has 5 nitrogen and oxygen atoms in total. The Morgan fingerprint density at radius 3 is 1.71 bits per heavy atom. The maximum atomic E-state index is 10.4. The molecule has 1 atom stereocenters. The van der Waals surface area contributed by atoms with Crippen molar-refractivity contribution in [3.8, 4) is 0 Å². The average Bonchev–Trinajstić information content (AvgIpc) is 2.72. The van der Waals surface area contributed by atoms with Crippen LogP contribution in [0.4, 0.5) is 0 Å². The zero-order valence-electron chi connectivity index (χ0n) is 19.0. The Balaban J connectivity index is 5.14. The predicted octanol–water partition coefficient (Wildman–Crippen LogP) is 6.40. The third kappa shape index (κ3) is 12.7. The lowest BCUT2D eigenvalue weighted by atomic mass is 9.92. The van der Waals surface area contributed by atoms with Crippen LogP contribution in [-0.4, -0.2) is 38.4 Å². The molecule has 0 heterocycles. The molecule has 0 fully saturated rings. The second kappa shape index (κ2) is 19.6. The standard InChI is InChI=1S/C23H45NO4/c1-5-9-10-11-12-13-15-22(16-14-17-24-21-25)23(26-18-6-2,27-19-7-3)28-20-8-4/h22H,5-20H2,1-4H3. The van der Waals surface area contributed by atoms with E-state index in [2.05, 4.69) is 32.7 Å². The summed E-state index contributed by atoms with van der Waals surface area (Å²) in [5.41, 5.74) is 0. The molecule has 0 aromatic rings. The van der Waals surface area contributed by atoms with Gasteiger partial charge in [0.05, 0.1) is 26.4 Å². The zero-order valence-corrected chi connectivity index (χ0v) is 19.0. The second-order valence-electron chi connectivity index (χ2n) is 7.52. The van der Waals surface area contributed by atoms with E-state index in [1.165, 1.54) is 32.1 Å². The number of isocyanates is 1. The summed E-state index contributed by atoms with van der Waals surface area (Å²) in [6.45, 7) is 10.9. The van der Waals surface area contributed by atoms with Gasteiger partial charge in [-0.3, -0.25) is 0 Å². The molecule has 0 N–H and O–H groups in total. The van der Waals surface area contributed by atoms with E-state index in [1.54, 1.807) is 6.08 Å². The summed E-state index contributed by atoms with van der Waals surface area (Å²) in [6, 6.07) is 0. The Labute approximate surface area is 173 Å². The molecule has 0 spiro atoms. The minimum absolute atomic E-state index is 0.144. The largest absolute Gasteiger partial charge is 0.327 e. The predicted molar refractivity (Wildman–Crippen MR) is 115 cm³/mol. The smallest absolute Gasteiger partial charge is 0.285 e. The molecule has 28 heavy (non-hydrogen) atoms. The maximum absolute atomic E-state index is 10.4. The first-order chi connectivity index (χ1) is 13.7. The molecule has 0 aliphatic heterocycles. The second-order valence-corrected chi connectivity index (χ2v) is 7.52. The van der Waals surface area contributed by atoms with Gasteiger partial charge in [-0.05, 0) is 38.5 Å². The third-order valence-corrected chi connectivity index (χ3v) is 4.82. The van der Waals surface area contributed by atoms with Crippen LogP contribution in [0, 0.1) is 5.92 Å². The van der Waals surface area contributed by atoms with Crippen molar-refractivity contribution in [1.82, 2.24) is 0 Å². The van der Waals surface area contributed by atoms with Crippen molar-refractivity contribution in [2.24, 2.45) is 10.9 Å². The summed E-state index contributed by atoms with van der Waals surface area (Å²) in [5, 5.41) is 0. The quantitative estimate of drug-likeness (QED) is 0.0969. The van der Waals surface area contributed by atoms with Crippen LogP contribution in [0.5, 0.6) is 0 Å². The number of ether oxygens (including phenoxy) is 3. The minimum atomic E-state index is -0.976. The van der Waals surface area contributed by atoms with Gasteiger partial charge in [0.15, 0.2) is 0 Å². The fourth-order valence-electron chi connectivity index (χ4n) is 3.34. The fraction of sp³-hybridized carbons (Fsp3) is 0.957. The van der Waals surface area contributed by atoms with Crippen LogP contribution in [0.2, 0.25) is 0 Å². The molecule has 0 aliphatic carbocycles. The monoisotopic (exact) mass is 399 g/mol. The zero-order chi connectivity index (χ0) is 20.9. The van der Waals surface area contributed by atoms with Gasteiger partial charge in [0.1, 0.15) is 0 Å². The van der Waals surface area contributed by atoms with Crippen LogP contribution in [0.15, 0.2) is 4.99 Å². The molecular formula is C23H45NO4. The number of nitrogens with zero attached hydrogens (tertiary/aromatic N) is 1. The molecule has 0 saturated heterocycles.